The minimum absolute atomic E-state index is 0.151. The van der Waals surface area contributed by atoms with Gasteiger partial charge in [-0.15, -0.1) is 0 Å². The van der Waals surface area contributed by atoms with Gasteiger partial charge in [-0.3, -0.25) is 9.63 Å². The standard InChI is InChI=1S/C15H21NO3/c1-11(10-15(18)16(3)19-4)9-12(2)13-7-5-6-8-14(13)17/h5-8,10,12,17H,9H2,1-4H3/b11-10+. The van der Waals surface area contributed by atoms with Gasteiger partial charge in [0, 0.05) is 13.1 Å². The fourth-order valence-corrected chi connectivity index (χ4v) is 1.95. The first kappa shape index (κ1) is 15.2. The number of para-hydroxylation sites is 1. The number of amides is 1. The molecule has 1 amide bonds. The molecule has 0 radical (unpaired) electrons. The third-order valence-electron chi connectivity index (χ3n) is 3.05. The molecule has 104 valence electrons. The molecule has 0 aromatic heterocycles. The van der Waals surface area contributed by atoms with Crippen LogP contribution < -0.4 is 0 Å². The van der Waals surface area contributed by atoms with E-state index in [-0.39, 0.29) is 11.8 Å². The Bertz CT molecular complexity index is 468. The Morgan fingerprint density at radius 3 is 2.68 bits per heavy atom. The topological polar surface area (TPSA) is 49.8 Å². The third-order valence-corrected chi connectivity index (χ3v) is 3.05. The number of hydrogen-bond donors (Lipinski definition) is 1. The van der Waals surface area contributed by atoms with Crippen LogP contribution in [0.3, 0.4) is 0 Å². The molecule has 1 aromatic rings. The number of nitrogens with zero attached hydrogens (tertiary/aromatic N) is 1. The lowest BCUT2D eigenvalue weighted by Crippen LogP contribution is -2.23. The summed E-state index contributed by atoms with van der Waals surface area (Å²) in [5, 5.41) is 11.0. The Kier molecular flexibility index (Phi) is 5.57. The van der Waals surface area contributed by atoms with Gasteiger partial charge >= 0.3 is 0 Å². The number of hydroxylamine groups is 2. The van der Waals surface area contributed by atoms with Crippen molar-refractivity contribution in [1.29, 1.82) is 0 Å². The molecule has 0 fully saturated rings. The Hall–Kier alpha value is -1.81. The van der Waals surface area contributed by atoms with E-state index in [0.29, 0.717) is 12.2 Å². The number of hydrogen-bond acceptors (Lipinski definition) is 3. The first-order valence-electron chi connectivity index (χ1n) is 6.22. The molecule has 1 unspecified atom stereocenters. The second-order valence-corrected chi connectivity index (χ2v) is 4.67. The monoisotopic (exact) mass is 263 g/mol. The van der Waals surface area contributed by atoms with E-state index in [1.165, 1.54) is 12.2 Å². The molecule has 0 aliphatic carbocycles. The van der Waals surface area contributed by atoms with Gasteiger partial charge in [0.15, 0.2) is 0 Å². The highest BCUT2D eigenvalue weighted by atomic mass is 16.7. The summed E-state index contributed by atoms with van der Waals surface area (Å²) >= 11 is 0. The number of carbonyl (C=O) groups excluding carboxylic acids is 1. The largest absolute Gasteiger partial charge is 0.508 e. The summed E-state index contributed by atoms with van der Waals surface area (Å²) < 4.78 is 0. The maximum absolute atomic E-state index is 11.6. The van der Waals surface area contributed by atoms with Crippen LogP contribution in [0.25, 0.3) is 0 Å². The predicted molar refractivity (Wildman–Crippen MR) is 74.7 cm³/mol. The SMILES string of the molecule is CON(C)C(=O)/C=C(\C)CC(C)c1ccccc1O. The zero-order valence-electron chi connectivity index (χ0n) is 11.9. The second-order valence-electron chi connectivity index (χ2n) is 4.67. The van der Waals surface area contributed by atoms with Crippen LogP contribution in [0.4, 0.5) is 0 Å². The molecular weight excluding hydrogens is 242 g/mol. The van der Waals surface area contributed by atoms with Gasteiger partial charge < -0.3 is 5.11 Å². The smallest absolute Gasteiger partial charge is 0.269 e. The van der Waals surface area contributed by atoms with Crippen LogP contribution in [0.5, 0.6) is 5.75 Å². The van der Waals surface area contributed by atoms with Crippen molar-refractivity contribution in [3.05, 3.63) is 41.5 Å². The highest BCUT2D eigenvalue weighted by molar-refractivity contribution is 5.87. The van der Waals surface area contributed by atoms with Gasteiger partial charge in [-0.25, -0.2) is 5.06 Å². The van der Waals surface area contributed by atoms with Crippen molar-refractivity contribution in [3.8, 4) is 5.75 Å². The summed E-state index contributed by atoms with van der Waals surface area (Å²) in [6.45, 7) is 3.93. The van der Waals surface area contributed by atoms with Crippen molar-refractivity contribution in [1.82, 2.24) is 5.06 Å². The van der Waals surface area contributed by atoms with E-state index in [9.17, 15) is 9.90 Å². The van der Waals surface area contributed by atoms with E-state index in [4.69, 9.17) is 4.84 Å². The van der Waals surface area contributed by atoms with Gasteiger partial charge in [0.1, 0.15) is 5.75 Å². The highest BCUT2D eigenvalue weighted by Crippen LogP contribution is 2.29. The Morgan fingerprint density at radius 2 is 2.11 bits per heavy atom. The van der Waals surface area contributed by atoms with Crippen LogP contribution >= 0.6 is 0 Å². The number of rotatable bonds is 5. The number of phenolic OH excluding ortho intramolecular Hbond substituents is 1. The van der Waals surface area contributed by atoms with Crippen LogP contribution in [0.2, 0.25) is 0 Å². The molecule has 0 saturated carbocycles. The number of phenols is 1. The Labute approximate surface area is 114 Å². The zero-order valence-corrected chi connectivity index (χ0v) is 11.9. The first-order valence-corrected chi connectivity index (χ1v) is 6.22. The lowest BCUT2D eigenvalue weighted by molar-refractivity contribution is -0.162. The minimum Gasteiger partial charge on any atom is -0.508 e. The summed E-state index contributed by atoms with van der Waals surface area (Å²) in [6.07, 6.45) is 2.26. The van der Waals surface area contributed by atoms with Crippen molar-refractivity contribution >= 4 is 5.91 Å². The molecule has 0 bridgehead atoms. The van der Waals surface area contributed by atoms with E-state index in [1.54, 1.807) is 25.3 Å². The molecule has 19 heavy (non-hydrogen) atoms. The van der Waals surface area contributed by atoms with Crippen LogP contribution in [0.15, 0.2) is 35.9 Å². The summed E-state index contributed by atoms with van der Waals surface area (Å²) in [6, 6.07) is 7.27. The van der Waals surface area contributed by atoms with E-state index in [1.807, 2.05) is 26.0 Å². The molecule has 1 aromatic carbocycles. The highest BCUT2D eigenvalue weighted by Gasteiger charge is 2.12. The Balaban J connectivity index is 2.72. The quantitative estimate of drug-likeness (QED) is 0.656. The molecule has 1 atom stereocenters. The number of aromatic hydroxyl groups is 1. The fourth-order valence-electron chi connectivity index (χ4n) is 1.95. The fraction of sp³-hybridized carbons (Fsp3) is 0.400. The molecule has 0 spiro atoms. The lowest BCUT2D eigenvalue weighted by Gasteiger charge is -2.15. The summed E-state index contributed by atoms with van der Waals surface area (Å²) in [4.78, 5) is 16.5. The second kappa shape index (κ2) is 6.95. The number of allylic oxidation sites excluding steroid dienone is 1. The average molecular weight is 263 g/mol. The van der Waals surface area contributed by atoms with Crippen molar-refractivity contribution in [2.75, 3.05) is 14.2 Å². The van der Waals surface area contributed by atoms with Gasteiger partial charge in [-0.1, -0.05) is 30.7 Å². The Morgan fingerprint density at radius 1 is 1.47 bits per heavy atom. The van der Waals surface area contributed by atoms with Gasteiger partial charge in [0.2, 0.25) is 0 Å². The van der Waals surface area contributed by atoms with Crippen LogP contribution in [-0.4, -0.2) is 30.2 Å². The van der Waals surface area contributed by atoms with Crippen molar-refractivity contribution in [3.63, 3.8) is 0 Å². The van der Waals surface area contributed by atoms with Crippen molar-refractivity contribution in [2.24, 2.45) is 0 Å². The minimum atomic E-state index is -0.190. The molecule has 0 saturated heterocycles. The lowest BCUT2D eigenvalue weighted by atomic mass is 9.93. The molecule has 1 N–H and O–H groups in total. The predicted octanol–water partition coefficient (Wildman–Crippen LogP) is 2.85. The van der Waals surface area contributed by atoms with E-state index < -0.39 is 0 Å². The van der Waals surface area contributed by atoms with Crippen LogP contribution in [0, 0.1) is 0 Å². The molecule has 0 aliphatic heterocycles. The van der Waals surface area contributed by atoms with E-state index in [0.717, 1.165) is 11.1 Å². The summed E-state index contributed by atoms with van der Waals surface area (Å²) in [5.74, 6) is 0.255. The van der Waals surface area contributed by atoms with Crippen LogP contribution in [-0.2, 0) is 9.63 Å². The third kappa shape index (κ3) is 4.41. The van der Waals surface area contributed by atoms with Gasteiger partial charge in [0.25, 0.3) is 5.91 Å². The molecular formula is C15H21NO3. The molecule has 4 heteroatoms. The maximum atomic E-state index is 11.6. The van der Waals surface area contributed by atoms with E-state index in [2.05, 4.69) is 0 Å². The van der Waals surface area contributed by atoms with Gasteiger partial charge in [0.05, 0.1) is 7.11 Å². The van der Waals surface area contributed by atoms with Crippen LogP contribution in [0.1, 0.15) is 31.7 Å². The number of carbonyl (C=O) groups is 1. The van der Waals surface area contributed by atoms with Crippen molar-refractivity contribution < 1.29 is 14.7 Å². The summed E-state index contributed by atoms with van der Waals surface area (Å²) in [7, 11) is 3.02. The zero-order chi connectivity index (χ0) is 14.4. The normalized spacial score (nSPS) is 13.2. The molecule has 0 aliphatic rings. The first-order chi connectivity index (χ1) is 8.95. The van der Waals surface area contributed by atoms with Gasteiger partial charge in [-0.05, 0) is 30.9 Å². The molecule has 4 nitrogen and oxygen atoms in total. The average Bonchev–Trinajstić information content (AvgIpc) is 2.37. The number of benzene rings is 1. The molecule has 1 rings (SSSR count). The van der Waals surface area contributed by atoms with Crippen molar-refractivity contribution in [2.45, 2.75) is 26.2 Å². The van der Waals surface area contributed by atoms with E-state index >= 15 is 0 Å². The summed E-state index contributed by atoms with van der Waals surface area (Å²) in [5.41, 5.74) is 1.84. The molecule has 0 heterocycles. The maximum Gasteiger partial charge on any atom is 0.269 e. The van der Waals surface area contributed by atoms with Gasteiger partial charge in [-0.2, -0.15) is 0 Å². The number of likely N-dealkylation sites (N-methyl/N-ethyl adjacent to an activating group) is 1.